The standard InChI is InChI=1S/C23H28N4O6S3/c1-5-13-34-23-26-25-22(35-23)24-21(28)15-27(16-7-9-17(10-8-16)33-6-2)36(29,30)18-11-12-19(31-3)20(14-18)32-4/h7-12,14H,5-6,13,15H2,1-4H3,(H,24,25,28). The van der Waals surface area contributed by atoms with E-state index in [0.717, 1.165) is 20.8 Å². The molecule has 0 unspecified atom stereocenters. The molecule has 0 saturated heterocycles. The maximum absolute atomic E-state index is 13.7. The van der Waals surface area contributed by atoms with Crippen molar-refractivity contribution in [3.05, 3.63) is 42.5 Å². The van der Waals surface area contributed by atoms with Crippen molar-refractivity contribution in [1.82, 2.24) is 10.2 Å². The summed E-state index contributed by atoms with van der Waals surface area (Å²) in [6.07, 6.45) is 0.983. The summed E-state index contributed by atoms with van der Waals surface area (Å²) in [4.78, 5) is 12.9. The Morgan fingerprint density at radius 2 is 1.78 bits per heavy atom. The van der Waals surface area contributed by atoms with Crippen molar-refractivity contribution < 1.29 is 27.4 Å². The number of methoxy groups -OCH3 is 2. The fraction of sp³-hybridized carbons (Fsp3) is 0.348. The number of nitrogens with one attached hydrogen (secondary N) is 1. The van der Waals surface area contributed by atoms with Crippen LogP contribution in [0.5, 0.6) is 17.2 Å². The maximum Gasteiger partial charge on any atom is 0.264 e. The number of amides is 1. The van der Waals surface area contributed by atoms with Crippen molar-refractivity contribution in [3.8, 4) is 17.2 Å². The minimum atomic E-state index is -4.17. The molecule has 2 aromatic carbocycles. The predicted molar refractivity (Wildman–Crippen MR) is 141 cm³/mol. The molecule has 0 aliphatic carbocycles. The van der Waals surface area contributed by atoms with E-state index >= 15 is 0 Å². The number of carbonyl (C=O) groups excluding carboxylic acids is 1. The number of nitrogens with zero attached hydrogens (tertiary/aromatic N) is 3. The first-order chi connectivity index (χ1) is 17.3. The summed E-state index contributed by atoms with van der Waals surface area (Å²) in [6, 6.07) is 10.7. The zero-order chi connectivity index (χ0) is 26.1. The third-order valence-electron chi connectivity index (χ3n) is 4.75. The average Bonchev–Trinajstić information content (AvgIpc) is 3.33. The highest BCUT2D eigenvalue weighted by atomic mass is 32.2. The Morgan fingerprint density at radius 3 is 2.42 bits per heavy atom. The van der Waals surface area contributed by atoms with Gasteiger partial charge in [0.15, 0.2) is 15.8 Å². The maximum atomic E-state index is 13.7. The van der Waals surface area contributed by atoms with Crippen LogP contribution in [0.1, 0.15) is 20.3 Å². The van der Waals surface area contributed by atoms with Gasteiger partial charge in [0.25, 0.3) is 10.0 Å². The third-order valence-corrected chi connectivity index (χ3v) is 8.70. The summed E-state index contributed by atoms with van der Waals surface area (Å²) in [5.41, 5.74) is 0.292. The van der Waals surface area contributed by atoms with E-state index in [-0.39, 0.29) is 10.6 Å². The van der Waals surface area contributed by atoms with Gasteiger partial charge in [0.2, 0.25) is 11.0 Å². The number of sulfonamides is 1. The van der Waals surface area contributed by atoms with Crippen LogP contribution in [0.3, 0.4) is 0 Å². The van der Waals surface area contributed by atoms with Crippen LogP contribution in [-0.4, -0.2) is 57.6 Å². The summed E-state index contributed by atoms with van der Waals surface area (Å²) in [5, 5.41) is 11.0. The van der Waals surface area contributed by atoms with Gasteiger partial charge in [-0.05, 0) is 49.7 Å². The van der Waals surface area contributed by atoms with E-state index in [1.165, 1.54) is 43.8 Å². The molecule has 0 radical (unpaired) electrons. The lowest BCUT2D eigenvalue weighted by Crippen LogP contribution is -2.38. The molecule has 1 N–H and O–H groups in total. The number of benzene rings is 2. The Bertz CT molecular complexity index is 1270. The predicted octanol–water partition coefficient (Wildman–Crippen LogP) is 4.29. The third kappa shape index (κ3) is 6.80. The first-order valence-corrected chi connectivity index (χ1v) is 14.3. The summed E-state index contributed by atoms with van der Waals surface area (Å²) in [6.45, 7) is 3.90. The molecule has 1 aromatic heterocycles. The Kier molecular flexibility index (Phi) is 9.79. The van der Waals surface area contributed by atoms with Gasteiger partial charge in [-0.25, -0.2) is 8.42 Å². The van der Waals surface area contributed by atoms with E-state index in [9.17, 15) is 13.2 Å². The molecule has 1 heterocycles. The highest BCUT2D eigenvalue weighted by Crippen LogP contribution is 2.33. The van der Waals surface area contributed by atoms with Crippen LogP contribution in [-0.2, 0) is 14.8 Å². The lowest BCUT2D eigenvalue weighted by molar-refractivity contribution is -0.114. The van der Waals surface area contributed by atoms with Crippen LogP contribution < -0.4 is 23.8 Å². The van der Waals surface area contributed by atoms with E-state index in [2.05, 4.69) is 22.4 Å². The number of hydrogen-bond acceptors (Lipinski definition) is 10. The van der Waals surface area contributed by atoms with Gasteiger partial charge in [-0.1, -0.05) is 30.0 Å². The first kappa shape index (κ1) is 27.6. The monoisotopic (exact) mass is 552 g/mol. The van der Waals surface area contributed by atoms with Crippen LogP contribution in [0.25, 0.3) is 0 Å². The van der Waals surface area contributed by atoms with Crippen LogP contribution >= 0.6 is 23.1 Å². The SMILES string of the molecule is CCCSc1nnc(NC(=O)CN(c2ccc(OCC)cc2)S(=O)(=O)c2ccc(OC)c(OC)c2)s1. The summed E-state index contributed by atoms with van der Waals surface area (Å²) in [5.74, 6) is 1.55. The molecule has 0 atom stereocenters. The number of hydrogen-bond donors (Lipinski definition) is 1. The van der Waals surface area contributed by atoms with E-state index < -0.39 is 22.5 Å². The van der Waals surface area contributed by atoms with Crippen molar-refractivity contribution in [1.29, 1.82) is 0 Å². The average molecular weight is 553 g/mol. The molecule has 10 nitrogen and oxygen atoms in total. The first-order valence-electron chi connectivity index (χ1n) is 11.1. The van der Waals surface area contributed by atoms with Crippen molar-refractivity contribution in [2.24, 2.45) is 0 Å². The van der Waals surface area contributed by atoms with Gasteiger partial charge in [-0.15, -0.1) is 10.2 Å². The Hall–Kier alpha value is -3.03. The quantitative estimate of drug-likeness (QED) is 0.245. The minimum Gasteiger partial charge on any atom is -0.494 e. The Balaban J connectivity index is 1.92. The lowest BCUT2D eigenvalue weighted by atomic mass is 10.3. The molecule has 0 fully saturated rings. The van der Waals surface area contributed by atoms with Gasteiger partial charge in [-0.3, -0.25) is 14.4 Å². The van der Waals surface area contributed by atoms with Gasteiger partial charge in [0.05, 0.1) is 31.4 Å². The summed E-state index contributed by atoms with van der Waals surface area (Å²) in [7, 11) is -1.29. The minimum absolute atomic E-state index is 0.0593. The van der Waals surface area contributed by atoms with Gasteiger partial charge < -0.3 is 14.2 Å². The van der Waals surface area contributed by atoms with Crippen molar-refractivity contribution in [2.45, 2.75) is 29.5 Å². The topological polar surface area (TPSA) is 120 Å². The fourth-order valence-electron chi connectivity index (χ4n) is 3.09. The number of anilines is 2. The number of ether oxygens (including phenoxy) is 3. The largest absolute Gasteiger partial charge is 0.494 e. The smallest absolute Gasteiger partial charge is 0.264 e. The van der Waals surface area contributed by atoms with Gasteiger partial charge >= 0.3 is 0 Å². The molecule has 0 saturated carbocycles. The zero-order valence-corrected chi connectivity index (χ0v) is 22.8. The number of rotatable bonds is 13. The molecule has 3 aromatic rings. The van der Waals surface area contributed by atoms with Crippen LogP contribution in [0.15, 0.2) is 51.7 Å². The van der Waals surface area contributed by atoms with Gasteiger partial charge in [0.1, 0.15) is 12.3 Å². The number of carbonyl (C=O) groups is 1. The van der Waals surface area contributed by atoms with Crippen molar-refractivity contribution in [2.75, 3.05) is 42.7 Å². The fourth-order valence-corrected chi connectivity index (χ4v) is 6.22. The Morgan fingerprint density at radius 1 is 1.06 bits per heavy atom. The van der Waals surface area contributed by atoms with E-state index in [4.69, 9.17) is 14.2 Å². The van der Waals surface area contributed by atoms with Crippen LogP contribution in [0.4, 0.5) is 10.8 Å². The Labute approximate surface area is 219 Å². The molecule has 3 rings (SSSR count). The normalized spacial score (nSPS) is 11.1. The molecule has 1 amide bonds. The molecule has 0 spiro atoms. The molecular weight excluding hydrogens is 524 g/mol. The van der Waals surface area contributed by atoms with Crippen molar-refractivity contribution in [3.63, 3.8) is 0 Å². The highest BCUT2D eigenvalue weighted by Gasteiger charge is 2.29. The van der Waals surface area contributed by atoms with Crippen molar-refractivity contribution >= 4 is 49.8 Å². The number of aromatic nitrogens is 2. The second-order valence-corrected chi connectivity index (χ2v) is 11.4. The summed E-state index contributed by atoms with van der Waals surface area (Å²) < 4.78 is 45.1. The lowest BCUT2D eigenvalue weighted by Gasteiger charge is -2.24. The molecule has 13 heteroatoms. The second-order valence-electron chi connectivity index (χ2n) is 7.23. The highest BCUT2D eigenvalue weighted by molar-refractivity contribution is 8.01. The van der Waals surface area contributed by atoms with Crippen LogP contribution in [0, 0.1) is 0 Å². The molecule has 0 aliphatic heterocycles. The summed E-state index contributed by atoms with van der Waals surface area (Å²) >= 11 is 2.78. The van der Waals surface area contributed by atoms with Crippen LogP contribution in [0.2, 0.25) is 0 Å². The number of thioether (sulfide) groups is 1. The molecule has 0 aliphatic rings. The molecule has 36 heavy (non-hydrogen) atoms. The molecule has 0 bridgehead atoms. The van der Waals surface area contributed by atoms with Gasteiger partial charge in [-0.2, -0.15) is 0 Å². The second kappa shape index (κ2) is 12.8. The van der Waals surface area contributed by atoms with E-state index in [0.29, 0.717) is 28.9 Å². The zero-order valence-electron chi connectivity index (χ0n) is 20.4. The molecular formula is C23H28N4O6S3. The van der Waals surface area contributed by atoms with E-state index in [1.807, 2.05) is 6.92 Å². The van der Waals surface area contributed by atoms with Gasteiger partial charge in [0, 0.05) is 11.8 Å². The molecule has 194 valence electrons. The van der Waals surface area contributed by atoms with E-state index in [1.54, 1.807) is 36.0 Å².